The van der Waals surface area contributed by atoms with E-state index in [4.69, 9.17) is 5.26 Å². The monoisotopic (exact) mass is 235 g/mol. The maximum absolute atomic E-state index is 9.08. The van der Waals surface area contributed by atoms with Gasteiger partial charge in [-0.05, 0) is 39.6 Å². The number of pyridine rings is 1. The second-order valence-electron chi connectivity index (χ2n) is 4.02. The number of nitriles is 1. The molecule has 0 aromatic carbocycles. The van der Waals surface area contributed by atoms with E-state index in [2.05, 4.69) is 16.0 Å². The zero-order chi connectivity index (χ0) is 12.1. The minimum absolute atomic E-state index is 0.717. The van der Waals surface area contributed by atoms with Gasteiger partial charge in [0.25, 0.3) is 0 Å². The molecule has 1 heterocycles. The van der Waals surface area contributed by atoms with Crippen LogP contribution in [0.4, 0.5) is 0 Å². The number of thioether (sulfide) groups is 1. The van der Waals surface area contributed by atoms with Gasteiger partial charge in [0, 0.05) is 18.0 Å². The molecule has 0 atom stereocenters. The maximum atomic E-state index is 9.08. The van der Waals surface area contributed by atoms with Gasteiger partial charge < -0.3 is 4.90 Å². The lowest BCUT2D eigenvalue weighted by Crippen LogP contribution is -2.15. The summed E-state index contributed by atoms with van der Waals surface area (Å²) >= 11 is 1.65. The van der Waals surface area contributed by atoms with E-state index in [0.717, 1.165) is 28.6 Å². The summed E-state index contributed by atoms with van der Waals surface area (Å²) in [5, 5.41) is 9.95. The van der Waals surface area contributed by atoms with E-state index in [1.165, 1.54) is 0 Å². The number of rotatable bonds is 4. The molecular weight excluding hydrogens is 218 g/mol. The van der Waals surface area contributed by atoms with Gasteiger partial charge in [0.1, 0.15) is 11.1 Å². The van der Waals surface area contributed by atoms with E-state index in [1.807, 2.05) is 34.0 Å². The predicted octanol–water partition coefficient (Wildman–Crippen LogP) is 2.22. The minimum atomic E-state index is 0.717. The third kappa shape index (κ3) is 3.51. The Morgan fingerprint density at radius 1 is 1.44 bits per heavy atom. The first kappa shape index (κ1) is 13.0. The van der Waals surface area contributed by atoms with Crippen molar-refractivity contribution < 1.29 is 0 Å². The molecule has 0 aliphatic rings. The van der Waals surface area contributed by atoms with Crippen LogP contribution in [-0.2, 0) is 0 Å². The standard InChI is InChI=1S/C12H17N3S/c1-9-7-10(2)14-12(11(9)8-13)16-6-5-15(3)4/h7H,5-6H2,1-4H3. The second kappa shape index (κ2) is 5.88. The molecule has 0 fully saturated rings. The molecule has 4 heteroatoms. The van der Waals surface area contributed by atoms with Crippen molar-refractivity contribution in [1.29, 1.82) is 5.26 Å². The van der Waals surface area contributed by atoms with Gasteiger partial charge in [-0.25, -0.2) is 4.98 Å². The van der Waals surface area contributed by atoms with E-state index in [0.29, 0.717) is 5.56 Å². The van der Waals surface area contributed by atoms with Crippen LogP contribution in [0.1, 0.15) is 16.8 Å². The van der Waals surface area contributed by atoms with Gasteiger partial charge in [0.2, 0.25) is 0 Å². The Hall–Kier alpha value is -1.05. The van der Waals surface area contributed by atoms with Crippen molar-refractivity contribution in [3.8, 4) is 6.07 Å². The molecular formula is C12H17N3S. The molecule has 0 aliphatic carbocycles. The van der Waals surface area contributed by atoms with Gasteiger partial charge in [0.05, 0.1) is 5.56 Å². The Labute approximate surface area is 101 Å². The van der Waals surface area contributed by atoms with Crippen molar-refractivity contribution in [3.63, 3.8) is 0 Å². The van der Waals surface area contributed by atoms with Crippen LogP contribution in [0.3, 0.4) is 0 Å². The molecule has 0 bridgehead atoms. The summed E-state index contributed by atoms with van der Waals surface area (Å²) in [6.07, 6.45) is 0. The van der Waals surface area contributed by atoms with Crippen LogP contribution in [0, 0.1) is 25.2 Å². The smallest absolute Gasteiger partial charge is 0.114 e. The summed E-state index contributed by atoms with van der Waals surface area (Å²) in [7, 11) is 4.08. The van der Waals surface area contributed by atoms with Crippen LogP contribution in [0.25, 0.3) is 0 Å². The highest BCUT2D eigenvalue weighted by molar-refractivity contribution is 7.99. The molecule has 1 aromatic heterocycles. The summed E-state index contributed by atoms with van der Waals surface area (Å²) in [5.41, 5.74) is 2.71. The molecule has 0 spiro atoms. The molecule has 0 unspecified atom stereocenters. The summed E-state index contributed by atoms with van der Waals surface area (Å²) in [6, 6.07) is 4.19. The molecule has 1 aromatic rings. The second-order valence-corrected chi connectivity index (χ2v) is 5.11. The zero-order valence-electron chi connectivity index (χ0n) is 10.2. The molecule has 0 amide bonds. The number of nitrogens with zero attached hydrogens (tertiary/aromatic N) is 3. The largest absolute Gasteiger partial charge is 0.309 e. The Morgan fingerprint density at radius 3 is 2.69 bits per heavy atom. The van der Waals surface area contributed by atoms with Crippen molar-refractivity contribution in [1.82, 2.24) is 9.88 Å². The molecule has 0 aliphatic heterocycles. The van der Waals surface area contributed by atoms with Gasteiger partial charge in [-0.15, -0.1) is 11.8 Å². The van der Waals surface area contributed by atoms with E-state index in [9.17, 15) is 0 Å². The van der Waals surface area contributed by atoms with Crippen LogP contribution in [0.15, 0.2) is 11.1 Å². The van der Waals surface area contributed by atoms with Crippen molar-refractivity contribution in [2.45, 2.75) is 18.9 Å². The fourth-order valence-electron chi connectivity index (χ4n) is 1.37. The van der Waals surface area contributed by atoms with E-state index < -0.39 is 0 Å². The summed E-state index contributed by atoms with van der Waals surface area (Å²) < 4.78 is 0. The van der Waals surface area contributed by atoms with Crippen molar-refractivity contribution >= 4 is 11.8 Å². The van der Waals surface area contributed by atoms with Gasteiger partial charge in [-0.2, -0.15) is 5.26 Å². The van der Waals surface area contributed by atoms with Crippen molar-refractivity contribution in [2.24, 2.45) is 0 Å². The first-order chi connectivity index (χ1) is 7.54. The van der Waals surface area contributed by atoms with Gasteiger partial charge in [-0.3, -0.25) is 0 Å². The van der Waals surface area contributed by atoms with Crippen LogP contribution < -0.4 is 0 Å². The Bertz CT molecular complexity index is 407. The normalized spacial score (nSPS) is 10.5. The van der Waals surface area contributed by atoms with E-state index in [-0.39, 0.29) is 0 Å². The molecule has 0 saturated heterocycles. The summed E-state index contributed by atoms with van der Waals surface area (Å²) in [6.45, 7) is 4.91. The van der Waals surface area contributed by atoms with Crippen LogP contribution >= 0.6 is 11.8 Å². The SMILES string of the molecule is Cc1cc(C)c(C#N)c(SCCN(C)C)n1. The lowest BCUT2D eigenvalue weighted by molar-refractivity contribution is 0.437. The number of aryl methyl sites for hydroxylation is 2. The van der Waals surface area contributed by atoms with E-state index >= 15 is 0 Å². The van der Waals surface area contributed by atoms with Gasteiger partial charge >= 0.3 is 0 Å². The van der Waals surface area contributed by atoms with E-state index in [1.54, 1.807) is 11.8 Å². The summed E-state index contributed by atoms with van der Waals surface area (Å²) in [4.78, 5) is 6.55. The molecule has 1 rings (SSSR count). The third-order valence-corrected chi connectivity index (χ3v) is 3.16. The highest BCUT2D eigenvalue weighted by atomic mass is 32.2. The molecule has 3 nitrogen and oxygen atoms in total. The van der Waals surface area contributed by atoms with Crippen molar-refractivity contribution in [2.75, 3.05) is 26.4 Å². The lowest BCUT2D eigenvalue weighted by atomic mass is 10.1. The van der Waals surface area contributed by atoms with Crippen LogP contribution in [-0.4, -0.2) is 36.3 Å². The third-order valence-electron chi connectivity index (χ3n) is 2.20. The first-order valence-corrected chi connectivity index (χ1v) is 6.19. The fraction of sp³-hybridized carbons (Fsp3) is 0.500. The Morgan fingerprint density at radius 2 is 2.12 bits per heavy atom. The lowest BCUT2D eigenvalue weighted by Gasteiger charge is -2.10. The number of hydrogen-bond acceptors (Lipinski definition) is 4. The first-order valence-electron chi connectivity index (χ1n) is 5.20. The molecule has 0 N–H and O–H groups in total. The number of hydrogen-bond donors (Lipinski definition) is 0. The Balaban J connectivity index is 2.82. The fourth-order valence-corrected chi connectivity index (χ4v) is 2.58. The average Bonchev–Trinajstić information content (AvgIpc) is 2.16. The predicted molar refractivity (Wildman–Crippen MR) is 67.7 cm³/mol. The van der Waals surface area contributed by atoms with Crippen LogP contribution in [0.5, 0.6) is 0 Å². The average molecular weight is 235 g/mol. The number of aromatic nitrogens is 1. The Kier molecular flexibility index (Phi) is 4.78. The maximum Gasteiger partial charge on any atom is 0.114 e. The van der Waals surface area contributed by atoms with Crippen molar-refractivity contribution in [3.05, 3.63) is 22.9 Å². The topological polar surface area (TPSA) is 39.9 Å². The highest BCUT2D eigenvalue weighted by Crippen LogP contribution is 2.23. The molecule has 0 radical (unpaired) electrons. The molecule has 16 heavy (non-hydrogen) atoms. The minimum Gasteiger partial charge on any atom is -0.309 e. The molecule has 86 valence electrons. The van der Waals surface area contributed by atoms with Crippen LogP contribution in [0.2, 0.25) is 0 Å². The van der Waals surface area contributed by atoms with Gasteiger partial charge in [-0.1, -0.05) is 0 Å². The highest BCUT2D eigenvalue weighted by Gasteiger charge is 2.08. The summed E-state index contributed by atoms with van der Waals surface area (Å²) in [5.74, 6) is 0.956. The van der Waals surface area contributed by atoms with Gasteiger partial charge in [0.15, 0.2) is 0 Å². The zero-order valence-corrected chi connectivity index (χ0v) is 11.1. The quantitative estimate of drug-likeness (QED) is 0.750. The molecule has 0 saturated carbocycles.